The Balaban J connectivity index is 1.63. The van der Waals surface area contributed by atoms with Gasteiger partial charge in [-0.3, -0.25) is 4.90 Å². The summed E-state index contributed by atoms with van der Waals surface area (Å²) in [7, 11) is 0. The molecule has 5 nitrogen and oxygen atoms in total. The fourth-order valence-electron chi connectivity index (χ4n) is 4.22. The lowest BCUT2D eigenvalue weighted by Gasteiger charge is -2.37. The van der Waals surface area contributed by atoms with Gasteiger partial charge in [-0.05, 0) is 69.1 Å². The predicted octanol–water partition coefficient (Wildman–Crippen LogP) is 6.94. The van der Waals surface area contributed by atoms with Gasteiger partial charge in [0.2, 0.25) is 5.82 Å². The monoisotopic (exact) mass is 498 g/mol. The van der Waals surface area contributed by atoms with Gasteiger partial charge in [0.05, 0.1) is 11.6 Å². The second-order valence-corrected chi connectivity index (χ2v) is 9.88. The molecule has 0 radical (unpaired) electrons. The normalized spacial score (nSPS) is 15.9. The second kappa shape index (κ2) is 9.68. The van der Waals surface area contributed by atoms with Crippen LogP contribution in [0.5, 0.6) is 0 Å². The van der Waals surface area contributed by atoms with Crippen molar-refractivity contribution >= 4 is 40.4 Å². The first-order valence-corrected chi connectivity index (χ1v) is 13.0. The summed E-state index contributed by atoms with van der Waals surface area (Å²) in [5, 5.41) is 8.47. The minimum absolute atomic E-state index is 0.216. The van der Waals surface area contributed by atoms with Crippen molar-refractivity contribution in [1.82, 2.24) is 15.5 Å². The van der Waals surface area contributed by atoms with Crippen LogP contribution in [-0.4, -0.2) is 21.5 Å². The van der Waals surface area contributed by atoms with Crippen LogP contribution in [0.25, 0.3) is 17.0 Å². The third kappa shape index (κ3) is 4.61. The van der Waals surface area contributed by atoms with Gasteiger partial charge in [0.1, 0.15) is 0 Å². The molecule has 1 N–H and O–H groups in total. The standard InChI is InChI=1S/C28H26N4OS2/c1-17-5-9-21(10-6-17)26-30-27(33-31-26)24-19(3)32(22-13-7-18(2)8-14-22)28(34)29-25(24)20-11-15-23(35-4)16-12-20/h5-16,25H,1-4H3,(H,29,34). The van der Waals surface area contributed by atoms with Gasteiger partial charge in [0, 0.05) is 21.8 Å². The van der Waals surface area contributed by atoms with Crippen LogP contribution in [0.3, 0.4) is 0 Å². The number of anilines is 1. The van der Waals surface area contributed by atoms with Crippen molar-refractivity contribution in [2.75, 3.05) is 11.2 Å². The summed E-state index contributed by atoms with van der Waals surface area (Å²) in [4.78, 5) is 8.05. The first kappa shape index (κ1) is 23.3. The number of allylic oxidation sites excluding steroid dienone is 1. The highest BCUT2D eigenvalue weighted by Gasteiger charge is 2.34. The van der Waals surface area contributed by atoms with Crippen LogP contribution in [0.2, 0.25) is 0 Å². The van der Waals surface area contributed by atoms with Crippen LogP contribution in [-0.2, 0) is 0 Å². The van der Waals surface area contributed by atoms with E-state index >= 15 is 0 Å². The van der Waals surface area contributed by atoms with Gasteiger partial charge < -0.3 is 9.84 Å². The Morgan fingerprint density at radius 2 is 1.51 bits per heavy atom. The van der Waals surface area contributed by atoms with E-state index in [0.29, 0.717) is 16.8 Å². The molecule has 1 aromatic heterocycles. The summed E-state index contributed by atoms with van der Waals surface area (Å²) < 4.78 is 5.86. The van der Waals surface area contributed by atoms with E-state index in [9.17, 15) is 0 Å². The lowest BCUT2D eigenvalue weighted by atomic mass is 9.94. The van der Waals surface area contributed by atoms with Crippen LogP contribution in [0, 0.1) is 13.8 Å². The molecule has 2 heterocycles. The number of aryl methyl sites for hydroxylation is 2. The molecule has 3 aromatic carbocycles. The van der Waals surface area contributed by atoms with E-state index < -0.39 is 0 Å². The molecule has 7 heteroatoms. The molecule has 0 bridgehead atoms. The average molecular weight is 499 g/mol. The summed E-state index contributed by atoms with van der Waals surface area (Å²) in [6.45, 7) is 6.19. The Morgan fingerprint density at radius 1 is 0.886 bits per heavy atom. The number of benzene rings is 3. The van der Waals surface area contributed by atoms with Crippen LogP contribution in [0.4, 0.5) is 5.69 Å². The van der Waals surface area contributed by atoms with Gasteiger partial charge in [0.25, 0.3) is 5.89 Å². The number of hydrogen-bond donors (Lipinski definition) is 1. The number of thiocarbonyl (C=S) groups is 1. The van der Waals surface area contributed by atoms with Gasteiger partial charge in [-0.2, -0.15) is 4.98 Å². The van der Waals surface area contributed by atoms with Crippen molar-refractivity contribution in [1.29, 1.82) is 0 Å². The van der Waals surface area contributed by atoms with Gasteiger partial charge in [-0.15, -0.1) is 11.8 Å². The number of thioether (sulfide) groups is 1. The molecule has 1 unspecified atom stereocenters. The molecule has 1 aliphatic heterocycles. The number of aromatic nitrogens is 2. The zero-order valence-electron chi connectivity index (χ0n) is 20.1. The second-order valence-electron chi connectivity index (χ2n) is 8.61. The molecule has 5 rings (SSSR count). The molecular formula is C28H26N4OS2. The van der Waals surface area contributed by atoms with Crippen LogP contribution in [0.1, 0.15) is 35.5 Å². The Morgan fingerprint density at radius 3 is 2.14 bits per heavy atom. The van der Waals surface area contributed by atoms with Gasteiger partial charge in [-0.25, -0.2) is 0 Å². The number of nitrogens with zero attached hydrogens (tertiary/aromatic N) is 3. The lowest BCUT2D eigenvalue weighted by molar-refractivity contribution is 0.404. The maximum atomic E-state index is 5.86. The lowest BCUT2D eigenvalue weighted by Crippen LogP contribution is -2.46. The zero-order chi connectivity index (χ0) is 24.5. The summed E-state index contributed by atoms with van der Waals surface area (Å²) in [5.74, 6) is 1.04. The van der Waals surface area contributed by atoms with Crippen molar-refractivity contribution < 1.29 is 4.52 Å². The molecule has 0 aliphatic carbocycles. The van der Waals surface area contributed by atoms with Gasteiger partial charge in [-0.1, -0.05) is 64.8 Å². The van der Waals surface area contributed by atoms with Crippen LogP contribution in [0.15, 0.2) is 87.9 Å². The van der Waals surface area contributed by atoms with Crippen molar-refractivity contribution in [3.05, 3.63) is 101 Å². The topological polar surface area (TPSA) is 54.2 Å². The molecule has 0 spiro atoms. The highest BCUT2D eigenvalue weighted by molar-refractivity contribution is 7.98. The number of nitrogens with one attached hydrogen (secondary N) is 1. The quantitative estimate of drug-likeness (QED) is 0.236. The van der Waals surface area contributed by atoms with E-state index in [2.05, 4.69) is 86.0 Å². The van der Waals surface area contributed by atoms with Crippen molar-refractivity contribution in [3.8, 4) is 11.4 Å². The average Bonchev–Trinajstić information content (AvgIpc) is 3.35. The molecule has 0 saturated carbocycles. The Labute approximate surface area is 215 Å². The maximum Gasteiger partial charge on any atom is 0.258 e. The summed E-state index contributed by atoms with van der Waals surface area (Å²) in [6, 6.07) is 24.7. The van der Waals surface area contributed by atoms with Crippen LogP contribution < -0.4 is 10.2 Å². The van der Waals surface area contributed by atoms with Gasteiger partial charge in [0.15, 0.2) is 5.11 Å². The molecule has 35 heavy (non-hydrogen) atoms. The van der Waals surface area contributed by atoms with Crippen molar-refractivity contribution in [2.24, 2.45) is 0 Å². The molecule has 0 fully saturated rings. The highest BCUT2D eigenvalue weighted by atomic mass is 32.2. The smallest absolute Gasteiger partial charge is 0.258 e. The Hall–Kier alpha value is -3.42. The third-order valence-corrected chi connectivity index (χ3v) is 7.24. The van der Waals surface area contributed by atoms with Gasteiger partial charge >= 0.3 is 0 Å². The predicted molar refractivity (Wildman–Crippen MR) is 147 cm³/mol. The third-order valence-electron chi connectivity index (χ3n) is 6.19. The molecular weight excluding hydrogens is 472 g/mol. The zero-order valence-corrected chi connectivity index (χ0v) is 21.7. The van der Waals surface area contributed by atoms with Crippen molar-refractivity contribution in [3.63, 3.8) is 0 Å². The van der Waals surface area contributed by atoms with E-state index in [4.69, 9.17) is 21.7 Å². The summed E-state index contributed by atoms with van der Waals surface area (Å²) in [6.07, 6.45) is 2.07. The fourth-order valence-corrected chi connectivity index (χ4v) is 4.99. The van der Waals surface area contributed by atoms with Crippen molar-refractivity contribution in [2.45, 2.75) is 31.7 Å². The number of rotatable bonds is 5. The van der Waals surface area contributed by atoms with Crippen LogP contribution >= 0.6 is 24.0 Å². The van der Waals surface area contributed by atoms with E-state index in [-0.39, 0.29) is 6.04 Å². The molecule has 4 aromatic rings. The van der Waals surface area contributed by atoms with E-state index in [1.165, 1.54) is 16.0 Å². The summed E-state index contributed by atoms with van der Waals surface area (Å²) in [5.41, 5.74) is 7.22. The molecule has 0 amide bonds. The van der Waals surface area contributed by atoms with E-state index in [1.54, 1.807) is 11.8 Å². The number of hydrogen-bond acceptors (Lipinski definition) is 5. The minimum atomic E-state index is -0.216. The highest BCUT2D eigenvalue weighted by Crippen LogP contribution is 2.39. The summed E-state index contributed by atoms with van der Waals surface area (Å²) >= 11 is 7.57. The van der Waals surface area contributed by atoms with E-state index in [0.717, 1.165) is 28.1 Å². The fraction of sp³-hybridized carbons (Fsp3) is 0.179. The molecule has 1 aliphatic rings. The van der Waals surface area contributed by atoms with E-state index in [1.807, 2.05) is 29.2 Å². The molecule has 0 saturated heterocycles. The SMILES string of the molecule is CSc1ccc(C2NC(=S)N(c3ccc(C)cc3)C(C)=C2c2nc(-c3ccc(C)cc3)no2)cc1. The molecule has 1 atom stereocenters. The first-order valence-electron chi connectivity index (χ1n) is 11.4. The minimum Gasteiger partial charge on any atom is -0.351 e. The molecule has 176 valence electrons. The maximum absolute atomic E-state index is 5.86. The first-order chi connectivity index (χ1) is 16.9. The Bertz CT molecular complexity index is 1390. The Kier molecular flexibility index (Phi) is 6.45. The largest absolute Gasteiger partial charge is 0.351 e.